The molecule has 0 saturated carbocycles. The number of amidine groups is 1. The van der Waals surface area contributed by atoms with Crippen LogP contribution in [0.3, 0.4) is 0 Å². The van der Waals surface area contributed by atoms with Gasteiger partial charge in [0.05, 0.1) is 7.11 Å². The first-order valence-electron chi connectivity index (χ1n) is 8.90. The van der Waals surface area contributed by atoms with Crippen LogP contribution in [0.4, 0.5) is 5.69 Å². The molecule has 0 aliphatic carbocycles. The van der Waals surface area contributed by atoms with E-state index in [1.165, 1.54) is 0 Å². The molecule has 27 heavy (non-hydrogen) atoms. The summed E-state index contributed by atoms with van der Waals surface area (Å²) in [5.74, 6) is 1.58. The Morgan fingerprint density at radius 1 is 0.778 bits per heavy atom. The van der Waals surface area contributed by atoms with Crippen molar-refractivity contribution in [2.24, 2.45) is 9.98 Å². The zero-order chi connectivity index (χ0) is 18.7. The number of methoxy groups -OCH3 is 1. The second kappa shape index (κ2) is 7.08. The molecule has 0 amide bonds. The van der Waals surface area contributed by atoms with Gasteiger partial charge in [-0.3, -0.25) is 0 Å². The van der Waals surface area contributed by atoms with Gasteiger partial charge in [0.15, 0.2) is 11.5 Å². The van der Waals surface area contributed by atoms with Gasteiger partial charge in [-0.25, -0.2) is 9.98 Å². The highest BCUT2D eigenvalue weighted by Crippen LogP contribution is 2.33. The van der Waals surface area contributed by atoms with Gasteiger partial charge in [-0.2, -0.15) is 0 Å². The Kier molecular flexibility index (Phi) is 4.47. The van der Waals surface area contributed by atoms with Gasteiger partial charge in [0.1, 0.15) is 11.5 Å². The minimum Gasteiger partial charge on any atom is -0.497 e. The molecule has 134 valence electrons. The van der Waals surface area contributed by atoms with E-state index in [1.807, 2.05) is 67.6 Å². The third-order valence-electron chi connectivity index (χ3n) is 4.60. The molecule has 1 N–H and O–H groups in total. The van der Waals surface area contributed by atoms with Crippen LogP contribution in [0.1, 0.15) is 18.1 Å². The van der Waals surface area contributed by atoms with E-state index in [9.17, 15) is 0 Å². The van der Waals surface area contributed by atoms with Crippen molar-refractivity contribution in [3.05, 3.63) is 96.1 Å². The average molecular weight is 355 g/mol. The zero-order valence-corrected chi connectivity index (χ0v) is 15.4. The average Bonchev–Trinajstić information content (AvgIpc) is 3.07. The number of ether oxygens (including phenoxy) is 1. The molecule has 4 rings (SSSR count). The first-order chi connectivity index (χ1) is 13.2. The van der Waals surface area contributed by atoms with E-state index in [-0.39, 0.29) is 0 Å². The maximum Gasteiger partial charge on any atom is 0.176 e. The number of rotatable bonds is 4. The summed E-state index contributed by atoms with van der Waals surface area (Å²) in [7, 11) is 1.66. The minimum absolute atomic E-state index is 0.652. The van der Waals surface area contributed by atoms with Crippen molar-refractivity contribution in [3.8, 4) is 5.75 Å². The third kappa shape index (κ3) is 3.47. The van der Waals surface area contributed by atoms with Crippen molar-refractivity contribution < 1.29 is 4.74 Å². The number of nitrogens with one attached hydrogen (secondary N) is 1. The monoisotopic (exact) mass is 355 g/mol. The highest BCUT2D eigenvalue weighted by Gasteiger charge is 2.33. The summed E-state index contributed by atoms with van der Waals surface area (Å²) in [5, 5.41) is 3.43. The lowest BCUT2D eigenvalue weighted by atomic mass is 10.0. The Morgan fingerprint density at radius 3 is 2.04 bits per heavy atom. The molecule has 0 spiro atoms. The van der Waals surface area contributed by atoms with Crippen LogP contribution in [0.5, 0.6) is 5.75 Å². The van der Waals surface area contributed by atoms with Crippen LogP contribution < -0.4 is 10.1 Å². The molecule has 0 radical (unpaired) electrons. The van der Waals surface area contributed by atoms with Gasteiger partial charge in [-0.15, -0.1) is 0 Å². The number of anilines is 1. The van der Waals surface area contributed by atoms with Gasteiger partial charge in [0.25, 0.3) is 0 Å². The molecular weight excluding hydrogens is 334 g/mol. The van der Waals surface area contributed by atoms with E-state index in [0.717, 1.165) is 34.1 Å². The number of benzene rings is 3. The molecule has 0 bridgehead atoms. The SMILES string of the molecule is COc1ccc(NC2=NC(C)(c3ccccc3)N=C2c2ccccc2)cc1. The zero-order valence-electron chi connectivity index (χ0n) is 15.4. The van der Waals surface area contributed by atoms with Crippen LogP contribution in [-0.4, -0.2) is 18.7 Å². The fourth-order valence-electron chi connectivity index (χ4n) is 3.14. The maximum atomic E-state index is 5.24. The first kappa shape index (κ1) is 17.0. The summed E-state index contributed by atoms with van der Waals surface area (Å²) >= 11 is 0. The summed E-state index contributed by atoms with van der Waals surface area (Å²) in [6, 6.07) is 28.1. The largest absolute Gasteiger partial charge is 0.497 e. The van der Waals surface area contributed by atoms with Gasteiger partial charge < -0.3 is 10.1 Å². The van der Waals surface area contributed by atoms with Crippen molar-refractivity contribution >= 4 is 17.2 Å². The molecule has 4 heteroatoms. The lowest BCUT2D eigenvalue weighted by Gasteiger charge is -2.17. The molecule has 0 fully saturated rings. The van der Waals surface area contributed by atoms with Crippen molar-refractivity contribution in [3.63, 3.8) is 0 Å². The Morgan fingerprint density at radius 2 is 1.41 bits per heavy atom. The summed E-state index contributed by atoms with van der Waals surface area (Å²) in [4.78, 5) is 9.95. The van der Waals surface area contributed by atoms with E-state index in [1.54, 1.807) is 7.11 Å². The van der Waals surface area contributed by atoms with Crippen LogP contribution in [0.15, 0.2) is 94.9 Å². The smallest absolute Gasteiger partial charge is 0.176 e. The Labute approximate surface area is 159 Å². The van der Waals surface area contributed by atoms with Gasteiger partial charge >= 0.3 is 0 Å². The summed E-state index contributed by atoms with van der Waals surface area (Å²) in [6.07, 6.45) is 0. The summed E-state index contributed by atoms with van der Waals surface area (Å²) in [5.41, 5.74) is 3.25. The second-order valence-corrected chi connectivity index (χ2v) is 6.53. The summed E-state index contributed by atoms with van der Waals surface area (Å²) < 4.78 is 5.24. The molecule has 1 aliphatic rings. The van der Waals surface area contributed by atoms with Gasteiger partial charge in [0.2, 0.25) is 0 Å². The Balaban J connectivity index is 1.74. The van der Waals surface area contributed by atoms with E-state index >= 15 is 0 Å². The summed E-state index contributed by atoms with van der Waals surface area (Å²) in [6.45, 7) is 2.04. The van der Waals surface area contributed by atoms with Crippen LogP contribution in [0.25, 0.3) is 0 Å². The topological polar surface area (TPSA) is 46.0 Å². The van der Waals surface area contributed by atoms with E-state index in [4.69, 9.17) is 14.7 Å². The lowest BCUT2D eigenvalue weighted by molar-refractivity contribution is 0.415. The normalized spacial score (nSPS) is 18.6. The minimum atomic E-state index is -0.652. The molecule has 0 aromatic heterocycles. The molecule has 3 aromatic carbocycles. The fraction of sp³-hybridized carbons (Fsp3) is 0.130. The molecular formula is C23H21N3O. The molecule has 1 unspecified atom stereocenters. The third-order valence-corrected chi connectivity index (χ3v) is 4.60. The number of hydrogen-bond acceptors (Lipinski definition) is 4. The van der Waals surface area contributed by atoms with Crippen LogP contribution in [0.2, 0.25) is 0 Å². The van der Waals surface area contributed by atoms with E-state index in [0.29, 0.717) is 0 Å². The highest BCUT2D eigenvalue weighted by atomic mass is 16.5. The van der Waals surface area contributed by atoms with Gasteiger partial charge in [0, 0.05) is 16.8 Å². The first-order valence-corrected chi connectivity index (χ1v) is 8.90. The van der Waals surface area contributed by atoms with E-state index in [2.05, 4.69) is 29.6 Å². The van der Waals surface area contributed by atoms with Crippen molar-refractivity contribution in [1.29, 1.82) is 0 Å². The van der Waals surface area contributed by atoms with Gasteiger partial charge in [-0.05, 0) is 31.2 Å². The highest BCUT2D eigenvalue weighted by molar-refractivity contribution is 6.52. The molecule has 0 saturated heterocycles. The second-order valence-electron chi connectivity index (χ2n) is 6.53. The van der Waals surface area contributed by atoms with Crippen molar-refractivity contribution in [2.45, 2.75) is 12.6 Å². The number of hydrogen-bond donors (Lipinski definition) is 1. The lowest BCUT2D eigenvalue weighted by Crippen LogP contribution is -2.21. The standard InChI is InChI=1S/C23H21N3O/c1-23(18-11-7-4-8-12-18)25-21(17-9-5-3-6-10-17)22(26-23)24-19-13-15-20(27-2)16-14-19/h3-16H,1-2H3,(H,24,26). The van der Waals surface area contributed by atoms with Crippen molar-refractivity contribution in [1.82, 2.24) is 0 Å². The van der Waals surface area contributed by atoms with Gasteiger partial charge in [-0.1, -0.05) is 60.7 Å². The van der Waals surface area contributed by atoms with Crippen LogP contribution in [0, 0.1) is 0 Å². The molecule has 1 heterocycles. The molecule has 3 aromatic rings. The Hall–Kier alpha value is -3.40. The van der Waals surface area contributed by atoms with E-state index < -0.39 is 5.66 Å². The fourth-order valence-corrected chi connectivity index (χ4v) is 3.14. The predicted octanol–water partition coefficient (Wildman–Crippen LogP) is 4.88. The van der Waals surface area contributed by atoms with Crippen molar-refractivity contribution in [2.75, 3.05) is 12.4 Å². The van der Waals surface area contributed by atoms with Crippen LogP contribution >= 0.6 is 0 Å². The quantitative estimate of drug-likeness (QED) is 0.725. The predicted molar refractivity (Wildman–Crippen MR) is 111 cm³/mol. The Bertz CT molecular complexity index is 979. The molecule has 1 atom stereocenters. The molecule has 4 nitrogen and oxygen atoms in total. The maximum absolute atomic E-state index is 5.24. The number of nitrogens with zero attached hydrogens (tertiary/aromatic N) is 2. The van der Waals surface area contributed by atoms with Crippen LogP contribution in [-0.2, 0) is 5.66 Å². The molecule has 1 aliphatic heterocycles. The number of aliphatic imine (C=N–C) groups is 2.